The van der Waals surface area contributed by atoms with Crippen LogP contribution in [0.4, 0.5) is 0 Å². The van der Waals surface area contributed by atoms with E-state index in [1.165, 1.54) is 25.7 Å². The Morgan fingerprint density at radius 2 is 1.94 bits per heavy atom. The third kappa shape index (κ3) is 4.98. The van der Waals surface area contributed by atoms with Crippen molar-refractivity contribution < 1.29 is 14.7 Å². The third-order valence-electron chi connectivity index (χ3n) is 3.53. The molecule has 1 amide bonds. The van der Waals surface area contributed by atoms with Gasteiger partial charge in [-0.1, -0.05) is 19.8 Å². The Hall–Kier alpha value is -0.710. The second-order valence-electron chi connectivity index (χ2n) is 4.72. The summed E-state index contributed by atoms with van der Waals surface area (Å²) in [6.45, 7) is 2.92. The highest BCUT2D eigenvalue weighted by Crippen LogP contribution is 2.40. The van der Waals surface area contributed by atoms with Gasteiger partial charge in [-0.2, -0.15) is 0 Å². The molecule has 0 bridgehead atoms. The Morgan fingerprint density at radius 3 is 2.47 bits per heavy atom. The number of hydrogen-bond donors (Lipinski definition) is 2. The lowest BCUT2D eigenvalue weighted by molar-refractivity contribution is -0.133. The average Bonchev–Trinajstić information content (AvgIpc) is 2.75. The molecule has 0 aromatic rings. The molecule has 1 aliphatic rings. The number of hydrogen-bond acceptors (Lipinski definition) is 3. The molecule has 4 nitrogen and oxygen atoms in total. The summed E-state index contributed by atoms with van der Waals surface area (Å²) in [4.78, 5) is 21.8. The quantitative estimate of drug-likeness (QED) is 0.732. The van der Waals surface area contributed by atoms with Gasteiger partial charge in [0.05, 0.1) is 11.5 Å². The van der Waals surface area contributed by atoms with Crippen molar-refractivity contribution in [2.75, 3.05) is 18.1 Å². The van der Waals surface area contributed by atoms with Crippen molar-refractivity contribution in [1.29, 1.82) is 0 Å². The van der Waals surface area contributed by atoms with E-state index in [0.717, 1.165) is 24.7 Å². The van der Waals surface area contributed by atoms with Gasteiger partial charge in [-0.05, 0) is 24.7 Å². The molecule has 1 aliphatic carbocycles. The Kier molecular flexibility index (Phi) is 5.82. The zero-order valence-electron chi connectivity index (χ0n) is 10.3. The summed E-state index contributed by atoms with van der Waals surface area (Å²) in [6.07, 6.45) is 6.03. The molecule has 0 spiro atoms. The van der Waals surface area contributed by atoms with Crippen LogP contribution in [0.25, 0.3) is 0 Å². The first-order valence-corrected chi connectivity index (χ1v) is 7.30. The summed E-state index contributed by atoms with van der Waals surface area (Å²) in [5.74, 6) is -0.682. The van der Waals surface area contributed by atoms with Gasteiger partial charge in [0.15, 0.2) is 0 Å². The van der Waals surface area contributed by atoms with E-state index >= 15 is 0 Å². The topological polar surface area (TPSA) is 66.4 Å². The maximum Gasteiger partial charge on any atom is 0.313 e. The molecule has 5 heteroatoms. The molecule has 0 atom stereocenters. The van der Waals surface area contributed by atoms with Crippen LogP contribution in [0, 0.1) is 5.41 Å². The standard InChI is InChI=1S/C12H21NO3S/c1-2-12(5-3-4-6-12)9-13-10(14)7-17-8-11(15)16/h2-9H2,1H3,(H,13,14)(H,15,16). The average molecular weight is 259 g/mol. The first-order chi connectivity index (χ1) is 8.08. The second-order valence-corrected chi connectivity index (χ2v) is 5.71. The minimum Gasteiger partial charge on any atom is -0.481 e. The highest BCUT2D eigenvalue weighted by atomic mass is 32.2. The molecule has 0 aromatic carbocycles. The fraction of sp³-hybridized carbons (Fsp3) is 0.833. The fourth-order valence-electron chi connectivity index (χ4n) is 2.35. The molecule has 0 saturated heterocycles. The Bertz CT molecular complexity index is 275. The number of rotatable bonds is 7. The van der Waals surface area contributed by atoms with E-state index in [9.17, 15) is 9.59 Å². The smallest absolute Gasteiger partial charge is 0.313 e. The molecule has 1 saturated carbocycles. The summed E-state index contributed by atoms with van der Waals surface area (Å²) >= 11 is 1.15. The van der Waals surface area contributed by atoms with Crippen LogP contribution in [0.1, 0.15) is 39.0 Å². The number of aliphatic carboxylic acids is 1. The van der Waals surface area contributed by atoms with Crippen LogP contribution < -0.4 is 5.32 Å². The van der Waals surface area contributed by atoms with E-state index in [2.05, 4.69) is 12.2 Å². The number of carboxylic acid groups (broad SMARTS) is 1. The predicted molar refractivity (Wildman–Crippen MR) is 69.2 cm³/mol. The molecule has 0 heterocycles. The van der Waals surface area contributed by atoms with Crippen molar-refractivity contribution >= 4 is 23.6 Å². The van der Waals surface area contributed by atoms with Gasteiger partial charge in [0, 0.05) is 6.54 Å². The van der Waals surface area contributed by atoms with Gasteiger partial charge in [0.1, 0.15) is 0 Å². The minimum atomic E-state index is -0.872. The molecule has 98 valence electrons. The summed E-state index contributed by atoms with van der Waals surface area (Å²) in [6, 6.07) is 0. The van der Waals surface area contributed by atoms with Crippen LogP contribution >= 0.6 is 11.8 Å². The van der Waals surface area contributed by atoms with Crippen LogP contribution in [0.15, 0.2) is 0 Å². The Morgan fingerprint density at radius 1 is 1.29 bits per heavy atom. The van der Waals surface area contributed by atoms with Gasteiger partial charge in [0.25, 0.3) is 0 Å². The van der Waals surface area contributed by atoms with E-state index in [4.69, 9.17) is 5.11 Å². The fourth-order valence-corrected chi connectivity index (χ4v) is 2.91. The number of carbonyl (C=O) groups excluding carboxylic acids is 1. The maximum atomic E-state index is 11.5. The normalized spacial score (nSPS) is 17.9. The van der Waals surface area contributed by atoms with E-state index in [-0.39, 0.29) is 17.4 Å². The van der Waals surface area contributed by atoms with Gasteiger partial charge in [-0.25, -0.2) is 0 Å². The Labute approximate surface area is 107 Å². The third-order valence-corrected chi connectivity index (χ3v) is 4.45. The van der Waals surface area contributed by atoms with Crippen molar-refractivity contribution in [2.24, 2.45) is 5.41 Å². The molecule has 0 unspecified atom stereocenters. The summed E-state index contributed by atoms with van der Waals surface area (Å²) in [5, 5.41) is 11.4. The monoisotopic (exact) mass is 259 g/mol. The first kappa shape index (κ1) is 14.4. The SMILES string of the molecule is CCC1(CNC(=O)CSCC(=O)O)CCCC1. The lowest BCUT2D eigenvalue weighted by Gasteiger charge is -2.27. The minimum absolute atomic E-state index is 0.00760. The van der Waals surface area contributed by atoms with Crippen LogP contribution in [-0.4, -0.2) is 35.0 Å². The van der Waals surface area contributed by atoms with Crippen molar-refractivity contribution in [3.05, 3.63) is 0 Å². The van der Waals surface area contributed by atoms with Crippen molar-refractivity contribution in [3.8, 4) is 0 Å². The zero-order valence-corrected chi connectivity index (χ0v) is 11.1. The largest absolute Gasteiger partial charge is 0.481 e. The van der Waals surface area contributed by atoms with Crippen molar-refractivity contribution in [2.45, 2.75) is 39.0 Å². The molecule has 2 N–H and O–H groups in total. The highest BCUT2D eigenvalue weighted by molar-refractivity contribution is 8.00. The molecule has 0 aliphatic heterocycles. The van der Waals surface area contributed by atoms with Gasteiger partial charge in [0.2, 0.25) is 5.91 Å². The van der Waals surface area contributed by atoms with Crippen LogP contribution in [-0.2, 0) is 9.59 Å². The van der Waals surface area contributed by atoms with Crippen LogP contribution in [0.2, 0.25) is 0 Å². The van der Waals surface area contributed by atoms with Gasteiger partial charge in [-0.15, -0.1) is 11.8 Å². The molecular formula is C12H21NO3S. The van der Waals surface area contributed by atoms with E-state index in [0.29, 0.717) is 5.41 Å². The predicted octanol–water partition coefficient (Wildman–Crippen LogP) is 1.89. The first-order valence-electron chi connectivity index (χ1n) is 6.14. The Balaban J connectivity index is 2.20. The summed E-state index contributed by atoms with van der Waals surface area (Å²) < 4.78 is 0. The lowest BCUT2D eigenvalue weighted by Crippen LogP contribution is -2.36. The summed E-state index contributed by atoms with van der Waals surface area (Å²) in [7, 11) is 0. The second kappa shape index (κ2) is 6.89. The van der Waals surface area contributed by atoms with E-state index in [1.54, 1.807) is 0 Å². The molecule has 1 fully saturated rings. The maximum absolute atomic E-state index is 11.5. The molecule has 0 radical (unpaired) electrons. The number of nitrogens with one attached hydrogen (secondary N) is 1. The van der Waals surface area contributed by atoms with Crippen molar-refractivity contribution in [3.63, 3.8) is 0 Å². The number of carboxylic acids is 1. The van der Waals surface area contributed by atoms with E-state index < -0.39 is 5.97 Å². The number of amides is 1. The van der Waals surface area contributed by atoms with Gasteiger partial charge in [-0.3, -0.25) is 9.59 Å². The van der Waals surface area contributed by atoms with Gasteiger partial charge >= 0.3 is 5.97 Å². The zero-order chi connectivity index (χ0) is 12.7. The number of thioether (sulfide) groups is 1. The lowest BCUT2D eigenvalue weighted by atomic mass is 9.83. The molecular weight excluding hydrogens is 238 g/mol. The molecule has 1 rings (SSSR count). The van der Waals surface area contributed by atoms with Crippen LogP contribution in [0.3, 0.4) is 0 Å². The van der Waals surface area contributed by atoms with Crippen LogP contribution in [0.5, 0.6) is 0 Å². The molecule has 0 aromatic heterocycles. The van der Waals surface area contributed by atoms with E-state index in [1.807, 2.05) is 0 Å². The highest BCUT2D eigenvalue weighted by Gasteiger charge is 2.31. The van der Waals surface area contributed by atoms with Crippen molar-refractivity contribution in [1.82, 2.24) is 5.32 Å². The number of carbonyl (C=O) groups is 2. The van der Waals surface area contributed by atoms with Gasteiger partial charge < -0.3 is 10.4 Å². The molecule has 17 heavy (non-hydrogen) atoms. The summed E-state index contributed by atoms with van der Waals surface area (Å²) in [5.41, 5.74) is 0.299.